The van der Waals surface area contributed by atoms with Gasteiger partial charge >= 0.3 is 0 Å². The molecule has 4 nitrogen and oxygen atoms in total. The summed E-state index contributed by atoms with van der Waals surface area (Å²) in [7, 11) is 0. The fourth-order valence-corrected chi connectivity index (χ4v) is 3.00. The van der Waals surface area contributed by atoms with Crippen LogP contribution in [0.15, 0.2) is 29.2 Å². The SMILES string of the molecule is Cc1ccc(SCC(=O)NCCC(=O)N2CCCC2)cc1. The molecule has 0 aliphatic carbocycles. The highest BCUT2D eigenvalue weighted by atomic mass is 32.2. The number of nitrogens with zero attached hydrogens (tertiary/aromatic N) is 1. The zero-order valence-corrected chi connectivity index (χ0v) is 13.2. The Morgan fingerprint density at radius 1 is 1.19 bits per heavy atom. The second kappa shape index (κ2) is 8.08. The van der Waals surface area contributed by atoms with E-state index in [1.165, 1.54) is 17.3 Å². The average Bonchev–Trinajstić information content (AvgIpc) is 3.01. The predicted molar refractivity (Wildman–Crippen MR) is 85.3 cm³/mol. The van der Waals surface area contributed by atoms with Crippen molar-refractivity contribution in [3.05, 3.63) is 29.8 Å². The van der Waals surface area contributed by atoms with Crippen LogP contribution in [0.4, 0.5) is 0 Å². The number of amides is 2. The molecule has 1 N–H and O–H groups in total. The van der Waals surface area contributed by atoms with Crippen molar-refractivity contribution in [1.29, 1.82) is 0 Å². The number of carbonyl (C=O) groups is 2. The first-order valence-corrected chi connectivity index (χ1v) is 8.37. The van der Waals surface area contributed by atoms with E-state index in [2.05, 4.69) is 5.32 Å². The van der Waals surface area contributed by atoms with Gasteiger partial charge in [-0.05, 0) is 31.9 Å². The van der Waals surface area contributed by atoms with Gasteiger partial charge in [0.25, 0.3) is 0 Å². The average molecular weight is 306 g/mol. The molecule has 0 atom stereocenters. The molecule has 1 aromatic rings. The Morgan fingerprint density at radius 3 is 2.52 bits per heavy atom. The summed E-state index contributed by atoms with van der Waals surface area (Å²) in [4.78, 5) is 26.5. The van der Waals surface area contributed by atoms with Gasteiger partial charge in [0.2, 0.25) is 11.8 Å². The molecule has 0 unspecified atom stereocenters. The number of nitrogens with one attached hydrogen (secondary N) is 1. The molecule has 1 fully saturated rings. The minimum atomic E-state index is -0.0187. The first-order valence-electron chi connectivity index (χ1n) is 7.39. The molecule has 114 valence electrons. The summed E-state index contributed by atoms with van der Waals surface area (Å²) in [6.07, 6.45) is 2.61. The molecule has 2 rings (SSSR count). The Labute approximate surface area is 130 Å². The number of thioether (sulfide) groups is 1. The van der Waals surface area contributed by atoms with Crippen molar-refractivity contribution >= 4 is 23.6 Å². The van der Waals surface area contributed by atoms with Crippen LogP contribution in [0.5, 0.6) is 0 Å². The molecule has 1 saturated heterocycles. The van der Waals surface area contributed by atoms with Crippen LogP contribution in [0.25, 0.3) is 0 Å². The lowest BCUT2D eigenvalue weighted by Gasteiger charge is -2.15. The highest BCUT2D eigenvalue weighted by Gasteiger charge is 2.17. The van der Waals surface area contributed by atoms with Crippen molar-refractivity contribution in [2.24, 2.45) is 0 Å². The zero-order valence-electron chi connectivity index (χ0n) is 12.4. The third-order valence-corrected chi connectivity index (χ3v) is 4.52. The van der Waals surface area contributed by atoms with Gasteiger partial charge in [-0.1, -0.05) is 17.7 Å². The fourth-order valence-electron chi connectivity index (χ4n) is 2.27. The van der Waals surface area contributed by atoms with Crippen LogP contribution in [-0.4, -0.2) is 42.1 Å². The fraction of sp³-hybridized carbons (Fsp3) is 0.500. The minimum Gasteiger partial charge on any atom is -0.355 e. The first kappa shape index (κ1) is 15.9. The summed E-state index contributed by atoms with van der Waals surface area (Å²) in [5, 5.41) is 2.81. The topological polar surface area (TPSA) is 49.4 Å². The molecule has 0 radical (unpaired) electrons. The summed E-state index contributed by atoms with van der Waals surface area (Å²) < 4.78 is 0. The van der Waals surface area contributed by atoms with Crippen molar-refractivity contribution in [3.63, 3.8) is 0 Å². The van der Waals surface area contributed by atoms with Crippen LogP contribution >= 0.6 is 11.8 Å². The largest absolute Gasteiger partial charge is 0.355 e. The van der Waals surface area contributed by atoms with Gasteiger partial charge in [-0.2, -0.15) is 0 Å². The van der Waals surface area contributed by atoms with Crippen LogP contribution in [0, 0.1) is 6.92 Å². The number of likely N-dealkylation sites (tertiary alicyclic amines) is 1. The van der Waals surface area contributed by atoms with E-state index >= 15 is 0 Å². The first-order chi connectivity index (χ1) is 10.1. The molecule has 1 aliphatic rings. The molecule has 0 bridgehead atoms. The molecule has 1 heterocycles. The summed E-state index contributed by atoms with van der Waals surface area (Å²) in [5.41, 5.74) is 1.21. The third kappa shape index (κ3) is 5.42. The van der Waals surface area contributed by atoms with Crippen molar-refractivity contribution in [3.8, 4) is 0 Å². The second-order valence-electron chi connectivity index (χ2n) is 5.29. The van der Waals surface area contributed by atoms with E-state index < -0.39 is 0 Å². The maximum absolute atomic E-state index is 11.8. The van der Waals surface area contributed by atoms with Crippen molar-refractivity contribution in [1.82, 2.24) is 10.2 Å². The lowest BCUT2D eigenvalue weighted by molar-refractivity contribution is -0.130. The lowest BCUT2D eigenvalue weighted by Crippen LogP contribution is -2.33. The molecule has 5 heteroatoms. The summed E-state index contributed by atoms with van der Waals surface area (Å²) in [6.45, 7) is 4.22. The van der Waals surface area contributed by atoms with E-state index in [0.29, 0.717) is 18.7 Å². The summed E-state index contributed by atoms with van der Waals surface area (Å²) in [6, 6.07) is 8.11. The van der Waals surface area contributed by atoms with E-state index in [-0.39, 0.29) is 11.8 Å². The van der Waals surface area contributed by atoms with Crippen LogP contribution in [0.2, 0.25) is 0 Å². The smallest absolute Gasteiger partial charge is 0.230 e. The quantitative estimate of drug-likeness (QED) is 0.820. The molecule has 1 aliphatic heterocycles. The van der Waals surface area contributed by atoms with E-state index in [1.807, 2.05) is 36.1 Å². The Hall–Kier alpha value is -1.49. The number of hydrogen-bond donors (Lipinski definition) is 1. The standard InChI is InChI=1S/C16H22N2O2S/c1-13-4-6-14(7-5-13)21-12-15(19)17-9-8-16(20)18-10-2-3-11-18/h4-7H,2-3,8-12H2,1H3,(H,17,19). The molecular formula is C16H22N2O2S. The second-order valence-corrected chi connectivity index (χ2v) is 6.34. The Morgan fingerprint density at radius 2 is 1.86 bits per heavy atom. The van der Waals surface area contributed by atoms with E-state index in [1.54, 1.807) is 0 Å². The number of carbonyl (C=O) groups excluding carboxylic acids is 2. The molecule has 2 amide bonds. The highest BCUT2D eigenvalue weighted by Crippen LogP contribution is 2.17. The Kier molecular flexibility index (Phi) is 6.11. The lowest BCUT2D eigenvalue weighted by atomic mass is 10.2. The molecule has 0 spiro atoms. The monoisotopic (exact) mass is 306 g/mol. The third-order valence-electron chi connectivity index (χ3n) is 3.51. The normalized spacial score (nSPS) is 14.2. The van der Waals surface area contributed by atoms with Gasteiger partial charge in [0.1, 0.15) is 0 Å². The highest BCUT2D eigenvalue weighted by molar-refractivity contribution is 8.00. The maximum atomic E-state index is 11.8. The maximum Gasteiger partial charge on any atom is 0.230 e. The van der Waals surface area contributed by atoms with Crippen LogP contribution < -0.4 is 5.32 Å². The van der Waals surface area contributed by atoms with Crippen LogP contribution in [0.3, 0.4) is 0 Å². The van der Waals surface area contributed by atoms with Crippen molar-refractivity contribution < 1.29 is 9.59 Å². The van der Waals surface area contributed by atoms with Crippen LogP contribution in [-0.2, 0) is 9.59 Å². The Balaban J connectivity index is 1.61. The van der Waals surface area contributed by atoms with E-state index in [0.717, 1.165) is 30.8 Å². The zero-order chi connectivity index (χ0) is 15.1. The van der Waals surface area contributed by atoms with Gasteiger partial charge in [0, 0.05) is 31.0 Å². The molecule has 0 aromatic heterocycles. The van der Waals surface area contributed by atoms with Crippen molar-refractivity contribution in [2.75, 3.05) is 25.4 Å². The van der Waals surface area contributed by atoms with Gasteiger partial charge in [0.15, 0.2) is 0 Å². The summed E-state index contributed by atoms with van der Waals surface area (Å²) in [5.74, 6) is 0.523. The molecule has 21 heavy (non-hydrogen) atoms. The van der Waals surface area contributed by atoms with Gasteiger partial charge in [-0.15, -0.1) is 11.8 Å². The molecular weight excluding hydrogens is 284 g/mol. The summed E-state index contributed by atoms with van der Waals surface area (Å²) >= 11 is 1.51. The van der Waals surface area contributed by atoms with Gasteiger partial charge < -0.3 is 10.2 Å². The number of benzene rings is 1. The molecule has 1 aromatic carbocycles. The number of hydrogen-bond acceptors (Lipinski definition) is 3. The van der Waals surface area contributed by atoms with Crippen LogP contribution in [0.1, 0.15) is 24.8 Å². The van der Waals surface area contributed by atoms with Gasteiger partial charge in [-0.25, -0.2) is 0 Å². The van der Waals surface area contributed by atoms with E-state index in [9.17, 15) is 9.59 Å². The van der Waals surface area contributed by atoms with Gasteiger partial charge in [-0.3, -0.25) is 9.59 Å². The van der Waals surface area contributed by atoms with Crippen molar-refractivity contribution in [2.45, 2.75) is 31.1 Å². The number of rotatable bonds is 6. The molecule has 0 saturated carbocycles. The van der Waals surface area contributed by atoms with Gasteiger partial charge in [0.05, 0.1) is 5.75 Å². The number of aryl methyl sites for hydroxylation is 1. The van der Waals surface area contributed by atoms with E-state index in [4.69, 9.17) is 0 Å². The minimum absolute atomic E-state index is 0.0187. The predicted octanol–water partition coefficient (Wildman–Crippen LogP) is 2.22. The Bertz CT molecular complexity index is 482.